The predicted molar refractivity (Wildman–Crippen MR) is 76.1 cm³/mol. The zero-order valence-electron chi connectivity index (χ0n) is 12.6. The summed E-state index contributed by atoms with van der Waals surface area (Å²) < 4.78 is 0. The number of unbranched alkanes of at least 4 members (excludes halogenated alkanes) is 2. The molecule has 0 aromatic carbocycles. The molecule has 1 atom stereocenters. The van der Waals surface area contributed by atoms with Crippen LogP contribution in [0.2, 0.25) is 0 Å². The van der Waals surface area contributed by atoms with Crippen molar-refractivity contribution in [3.63, 3.8) is 0 Å². The monoisotopic (exact) mass is 272 g/mol. The van der Waals surface area contributed by atoms with Gasteiger partial charge in [-0.3, -0.25) is 4.79 Å². The molecule has 0 heterocycles. The van der Waals surface area contributed by atoms with Crippen molar-refractivity contribution < 1.29 is 14.7 Å². The molecule has 1 unspecified atom stereocenters. The summed E-state index contributed by atoms with van der Waals surface area (Å²) in [7, 11) is 0. The van der Waals surface area contributed by atoms with E-state index in [-0.39, 0.29) is 18.0 Å². The highest BCUT2D eigenvalue weighted by Gasteiger charge is 2.24. The first-order chi connectivity index (χ1) is 8.76. The molecule has 0 rings (SSSR count). The van der Waals surface area contributed by atoms with Crippen LogP contribution in [0.15, 0.2) is 0 Å². The number of nitrogens with one attached hydrogen (secondary N) is 2. The minimum absolute atomic E-state index is 0.0671. The average Bonchev–Trinajstić information content (AvgIpc) is 2.28. The first kappa shape index (κ1) is 17.7. The van der Waals surface area contributed by atoms with Crippen molar-refractivity contribution in [1.29, 1.82) is 0 Å². The van der Waals surface area contributed by atoms with Gasteiger partial charge in [-0.15, -0.1) is 0 Å². The topological polar surface area (TPSA) is 78.4 Å². The van der Waals surface area contributed by atoms with Crippen LogP contribution < -0.4 is 10.6 Å². The molecule has 3 N–H and O–H groups in total. The zero-order valence-corrected chi connectivity index (χ0v) is 12.6. The lowest BCUT2D eigenvalue weighted by Gasteiger charge is -2.23. The van der Waals surface area contributed by atoms with Crippen molar-refractivity contribution in [1.82, 2.24) is 10.6 Å². The van der Waals surface area contributed by atoms with Gasteiger partial charge in [0.05, 0.1) is 5.92 Å². The van der Waals surface area contributed by atoms with E-state index in [9.17, 15) is 9.59 Å². The second-order valence-electron chi connectivity index (χ2n) is 6.14. The van der Waals surface area contributed by atoms with Gasteiger partial charge in [0.1, 0.15) is 0 Å². The van der Waals surface area contributed by atoms with Gasteiger partial charge in [-0.1, -0.05) is 40.5 Å². The highest BCUT2D eigenvalue weighted by molar-refractivity contribution is 5.75. The number of carboxylic acids is 1. The Kier molecular flexibility index (Phi) is 8.19. The highest BCUT2D eigenvalue weighted by atomic mass is 16.4. The van der Waals surface area contributed by atoms with E-state index < -0.39 is 11.9 Å². The molecule has 0 aromatic rings. The lowest BCUT2D eigenvalue weighted by atomic mass is 9.84. The van der Waals surface area contributed by atoms with Crippen molar-refractivity contribution in [2.24, 2.45) is 11.3 Å². The van der Waals surface area contributed by atoms with Gasteiger partial charge in [0, 0.05) is 13.1 Å². The Balaban J connectivity index is 3.98. The van der Waals surface area contributed by atoms with Crippen LogP contribution in [0.1, 0.15) is 53.4 Å². The standard InChI is InChI=1S/C14H28N2O3/c1-5-6-7-8-15-13(19)16-10-11(12(17)18)9-14(2,3)4/h11H,5-10H2,1-4H3,(H,17,18)(H2,15,16,19). The maximum atomic E-state index is 11.5. The molecule has 0 aromatic heterocycles. The van der Waals surface area contributed by atoms with Gasteiger partial charge >= 0.3 is 12.0 Å². The smallest absolute Gasteiger partial charge is 0.314 e. The number of carbonyl (C=O) groups is 2. The predicted octanol–water partition coefficient (Wildman–Crippen LogP) is 2.61. The van der Waals surface area contributed by atoms with Gasteiger partial charge in [0.2, 0.25) is 0 Å². The van der Waals surface area contributed by atoms with E-state index in [1.54, 1.807) is 0 Å². The molecule has 5 heteroatoms. The van der Waals surface area contributed by atoms with Crippen LogP contribution in [0.5, 0.6) is 0 Å². The maximum Gasteiger partial charge on any atom is 0.314 e. The van der Waals surface area contributed by atoms with Crippen molar-refractivity contribution >= 4 is 12.0 Å². The van der Waals surface area contributed by atoms with Crippen LogP contribution in [0.25, 0.3) is 0 Å². The molecule has 0 radical (unpaired) electrons. The van der Waals surface area contributed by atoms with Crippen molar-refractivity contribution in [3.8, 4) is 0 Å². The SMILES string of the molecule is CCCCCNC(=O)NCC(CC(C)(C)C)C(=O)O. The molecule has 0 spiro atoms. The second kappa shape index (κ2) is 8.77. The normalized spacial score (nSPS) is 12.8. The second-order valence-corrected chi connectivity index (χ2v) is 6.14. The summed E-state index contributed by atoms with van der Waals surface area (Å²) in [5.74, 6) is -1.40. The molecule has 0 saturated carbocycles. The molecule has 0 saturated heterocycles. The molecule has 2 amide bonds. The maximum absolute atomic E-state index is 11.5. The summed E-state index contributed by atoms with van der Waals surface area (Å²) in [5, 5.41) is 14.5. The molecular formula is C14H28N2O3. The van der Waals surface area contributed by atoms with Gasteiger partial charge in [-0.25, -0.2) is 4.79 Å². The highest BCUT2D eigenvalue weighted by Crippen LogP contribution is 2.24. The Morgan fingerprint density at radius 2 is 1.79 bits per heavy atom. The Labute approximate surface area is 116 Å². The van der Waals surface area contributed by atoms with E-state index in [0.717, 1.165) is 19.3 Å². The van der Waals surface area contributed by atoms with Crippen LogP contribution in [0.3, 0.4) is 0 Å². The Bertz CT molecular complexity index is 285. The van der Waals surface area contributed by atoms with Crippen LogP contribution in [0.4, 0.5) is 4.79 Å². The third kappa shape index (κ3) is 10.4. The summed E-state index contributed by atoms with van der Waals surface area (Å²) in [6, 6.07) is -0.281. The number of amides is 2. The summed E-state index contributed by atoms with van der Waals surface area (Å²) >= 11 is 0. The van der Waals surface area contributed by atoms with E-state index in [0.29, 0.717) is 13.0 Å². The van der Waals surface area contributed by atoms with Crippen LogP contribution in [-0.4, -0.2) is 30.2 Å². The summed E-state index contributed by atoms with van der Waals surface area (Å²) in [6.45, 7) is 8.89. The number of rotatable bonds is 8. The van der Waals surface area contributed by atoms with Crippen LogP contribution in [-0.2, 0) is 4.79 Å². The quantitative estimate of drug-likeness (QED) is 0.594. The fourth-order valence-electron chi connectivity index (χ4n) is 1.84. The van der Waals surface area contributed by atoms with E-state index in [1.807, 2.05) is 20.8 Å². The number of aliphatic carboxylic acids is 1. The number of hydrogen-bond acceptors (Lipinski definition) is 2. The third-order valence-corrected chi connectivity index (χ3v) is 2.78. The lowest BCUT2D eigenvalue weighted by molar-refractivity contribution is -0.142. The average molecular weight is 272 g/mol. The van der Waals surface area contributed by atoms with Crippen LogP contribution in [0, 0.1) is 11.3 Å². The molecule has 0 aliphatic carbocycles. The zero-order chi connectivity index (χ0) is 14.9. The van der Waals surface area contributed by atoms with Gasteiger partial charge in [-0.2, -0.15) is 0 Å². The minimum Gasteiger partial charge on any atom is -0.481 e. The molecule has 0 bridgehead atoms. The van der Waals surface area contributed by atoms with E-state index >= 15 is 0 Å². The van der Waals surface area contributed by atoms with Crippen molar-refractivity contribution in [3.05, 3.63) is 0 Å². The molecule has 5 nitrogen and oxygen atoms in total. The van der Waals surface area contributed by atoms with Gasteiger partial charge in [0.25, 0.3) is 0 Å². The molecule has 19 heavy (non-hydrogen) atoms. The molecule has 0 aliphatic heterocycles. The molecule has 0 aliphatic rings. The first-order valence-electron chi connectivity index (χ1n) is 7.00. The van der Waals surface area contributed by atoms with Gasteiger partial charge in [0.15, 0.2) is 0 Å². The van der Waals surface area contributed by atoms with E-state index in [1.165, 1.54) is 0 Å². The number of carboxylic acid groups (broad SMARTS) is 1. The Morgan fingerprint density at radius 1 is 1.16 bits per heavy atom. The minimum atomic E-state index is -0.860. The number of hydrogen-bond donors (Lipinski definition) is 3. The van der Waals surface area contributed by atoms with Crippen LogP contribution >= 0.6 is 0 Å². The number of urea groups is 1. The van der Waals surface area contributed by atoms with E-state index in [4.69, 9.17) is 5.11 Å². The fraction of sp³-hybridized carbons (Fsp3) is 0.857. The number of carbonyl (C=O) groups excluding carboxylic acids is 1. The first-order valence-corrected chi connectivity index (χ1v) is 7.00. The molecular weight excluding hydrogens is 244 g/mol. The third-order valence-electron chi connectivity index (χ3n) is 2.78. The Morgan fingerprint density at radius 3 is 2.26 bits per heavy atom. The largest absolute Gasteiger partial charge is 0.481 e. The summed E-state index contributed by atoms with van der Waals surface area (Å²) in [4.78, 5) is 22.6. The molecule has 0 fully saturated rings. The van der Waals surface area contributed by atoms with Crippen molar-refractivity contribution in [2.75, 3.05) is 13.1 Å². The Hall–Kier alpha value is -1.26. The van der Waals surface area contributed by atoms with E-state index in [2.05, 4.69) is 17.6 Å². The fourth-order valence-corrected chi connectivity index (χ4v) is 1.84. The van der Waals surface area contributed by atoms with Crippen molar-refractivity contribution in [2.45, 2.75) is 53.4 Å². The summed E-state index contributed by atoms with van der Waals surface area (Å²) in [5.41, 5.74) is -0.0671. The molecule has 112 valence electrons. The summed E-state index contributed by atoms with van der Waals surface area (Å²) in [6.07, 6.45) is 3.69. The van der Waals surface area contributed by atoms with Gasteiger partial charge < -0.3 is 15.7 Å². The lowest BCUT2D eigenvalue weighted by Crippen LogP contribution is -2.41. The van der Waals surface area contributed by atoms with Gasteiger partial charge in [-0.05, 0) is 18.3 Å².